The molecule has 0 atom stereocenters. The predicted octanol–water partition coefficient (Wildman–Crippen LogP) is 2.82. The number of urea groups is 1. The van der Waals surface area contributed by atoms with E-state index in [1.54, 1.807) is 0 Å². The normalized spacial score (nSPS) is 10.2. The zero-order valence-corrected chi connectivity index (χ0v) is 16.1. The second kappa shape index (κ2) is 9.32. The summed E-state index contributed by atoms with van der Waals surface area (Å²) in [4.78, 5) is 31.4. The maximum Gasteiger partial charge on any atom is 0.318 e. The van der Waals surface area contributed by atoms with E-state index in [0.717, 1.165) is 5.56 Å². The molecular weight excluding hydrogens is 389 g/mol. The summed E-state index contributed by atoms with van der Waals surface area (Å²) >= 11 is 0. The predicted molar refractivity (Wildman–Crippen MR) is 112 cm³/mol. The van der Waals surface area contributed by atoms with Crippen LogP contribution >= 0.6 is 0 Å². The lowest BCUT2D eigenvalue weighted by molar-refractivity contribution is 0.100. The van der Waals surface area contributed by atoms with Crippen molar-refractivity contribution in [1.29, 1.82) is 0 Å². The lowest BCUT2D eigenvalue weighted by atomic mass is 10.2. The monoisotopic (exact) mass is 409 g/mol. The number of halogens is 1. The molecule has 3 rings (SSSR count). The fourth-order valence-electron chi connectivity index (χ4n) is 2.55. The zero-order chi connectivity index (χ0) is 21.5. The summed E-state index contributed by atoms with van der Waals surface area (Å²) in [7, 11) is 1.47. The van der Waals surface area contributed by atoms with E-state index in [-0.39, 0.29) is 23.0 Å². The van der Waals surface area contributed by atoms with Gasteiger partial charge in [0.15, 0.2) is 0 Å². The molecule has 0 aliphatic rings. The molecule has 30 heavy (non-hydrogen) atoms. The number of primary amides is 1. The van der Waals surface area contributed by atoms with Crippen molar-refractivity contribution < 1.29 is 14.0 Å². The third-order valence-electron chi connectivity index (χ3n) is 4.05. The van der Waals surface area contributed by atoms with Crippen molar-refractivity contribution in [3.63, 3.8) is 0 Å². The van der Waals surface area contributed by atoms with Crippen LogP contribution in [0.1, 0.15) is 15.9 Å². The highest BCUT2D eigenvalue weighted by Crippen LogP contribution is 2.23. The molecule has 0 unspecified atom stereocenters. The number of aromatic nitrogens is 2. The third kappa shape index (κ3) is 5.19. The molecule has 3 aromatic rings. The van der Waals surface area contributed by atoms with E-state index in [2.05, 4.69) is 31.2 Å². The average molecular weight is 409 g/mol. The maximum atomic E-state index is 14.2. The Labute approximate surface area is 171 Å². The van der Waals surface area contributed by atoms with E-state index >= 15 is 0 Å². The molecule has 0 saturated carbocycles. The van der Waals surface area contributed by atoms with Crippen LogP contribution in [-0.2, 0) is 6.54 Å². The summed E-state index contributed by atoms with van der Waals surface area (Å²) in [5.74, 6) is -1.01. The Bertz CT molecular complexity index is 1060. The standard InChI is InChI=1S/C20H20FN7O2/c1-23-20(30)26-13-7-8-15(21)16(9-13)27-19-25-11-14(17(22)29)18(28-19)24-10-12-5-3-2-4-6-12/h2-9,11H,10H2,1H3,(H2,22,29)(H2,23,26,30)(H2,24,25,27,28). The van der Waals surface area contributed by atoms with Crippen molar-refractivity contribution in [2.45, 2.75) is 6.54 Å². The van der Waals surface area contributed by atoms with Gasteiger partial charge in [0, 0.05) is 25.5 Å². The van der Waals surface area contributed by atoms with Crippen LogP contribution in [0.2, 0.25) is 0 Å². The van der Waals surface area contributed by atoms with Crippen molar-refractivity contribution >= 4 is 35.1 Å². The molecule has 6 N–H and O–H groups in total. The minimum Gasteiger partial charge on any atom is -0.365 e. The van der Waals surface area contributed by atoms with Gasteiger partial charge < -0.3 is 27.0 Å². The van der Waals surface area contributed by atoms with Crippen molar-refractivity contribution in [3.8, 4) is 0 Å². The van der Waals surface area contributed by atoms with Crippen LogP contribution in [0.5, 0.6) is 0 Å². The maximum absolute atomic E-state index is 14.2. The fourth-order valence-corrected chi connectivity index (χ4v) is 2.55. The second-order valence-electron chi connectivity index (χ2n) is 6.18. The SMILES string of the molecule is CNC(=O)Nc1ccc(F)c(Nc2ncc(C(N)=O)c(NCc3ccccc3)n2)c1. The third-order valence-corrected chi connectivity index (χ3v) is 4.05. The number of hydrogen-bond donors (Lipinski definition) is 5. The van der Waals surface area contributed by atoms with Gasteiger partial charge in [-0.2, -0.15) is 4.98 Å². The molecule has 1 aromatic heterocycles. The van der Waals surface area contributed by atoms with E-state index in [1.807, 2.05) is 30.3 Å². The minimum absolute atomic E-state index is 0.0461. The number of hydrogen-bond acceptors (Lipinski definition) is 6. The van der Waals surface area contributed by atoms with Gasteiger partial charge in [0.05, 0.1) is 11.3 Å². The molecule has 0 spiro atoms. The number of anilines is 4. The Morgan fingerprint density at radius 3 is 2.60 bits per heavy atom. The Morgan fingerprint density at radius 2 is 1.90 bits per heavy atom. The number of benzene rings is 2. The van der Waals surface area contributed by atoms with E-state index in [0.29, 0.717) is 12.2 Å². The summed E-state index contributed by atoms with van der Waals surface area (Å²) in [6.45, 7) is 0.400. The van der Waals surface area contributed by atoms with Gasteiger partial charge in [0.2, 0.25) is 5.95 Å². The number of carbonyl (C=O) groups excluding carboxylic acids is 2. The van der Waals surface area contributed by atoms with Crippen molar-refractivity contribution in [1.82, 2.24) is 15.3 Å². The second-order valence-corrected chi connectivity index (χ2v) is 6.18. The zero-order valence-electron chi connectivity index (χ0n) is 16.1. The van der Waals surface area contributed by atoms with Gasteiger partial charge in [-0.15, -0.1) is 0 Å². The first kappa shape index (κ1) is 20.5. The summed E-state index contributed by atoms with van der Waals surface area (Å²) in [6.07, 6.45) is 1.26. The van der Waals surface area contributed by atoms with Crippen molar-refractivity contribution in [2.75, 3.05) is 23.0 Å². The van der Waals surface area contributed by atoms with E-state index in [1.165, 1.54) is 31.4 Å². The molecule has 2 aromatic carbocycles. The average Bonchev–Trinajstić information content (AvgIpc) is 2.75. The number of nitrogens with two attached hydrogens (primary N) is 1. The van der Waals surface area contributed by atoms with Gasteiger partial charge in [0.25, 0.3) is 5.91 Å². The molecule has 0 saturated heterocycles. The summed E-state index contributed by atoms with van der Waals surface area (Å²) in [6, 6.07) is 13.1. The quantitative estimate of drug-likeness (QED) is 0.407. The lowest BCUT2D eigenvalue weighted by Crippen LogP contribution is -2.24. The highest BCUT2D eigenvalue weighted by Gasteiger charge is 2.14. The van der Waals surface area contributed by atoms with Crippen molar-refractivity contribution in [3.05, 3.63) is 71.7 Å². The van der Waals surface area contributed by atoms with Gasteiger partial charge in [-0.1, -0.05) is 30.3 Å². The molecule has 0 bridgehead atoms. The Morgan fingerprint density at radius 1 is 1.13 bits per heavy atom. The molecule has 10 heteroatoms. The molecule has 0 fully saturated rings. The molecule has 0 aliphatic carbocycles. The van der Waals surface area contributed by atoms with Crippen molar-refractivity contribution in [2.24, 2.45) is 5.73 Å². The molecule has 0 aliphatic heterocycles. The first-order valence-corrected chi connectivity index (χ1v) is 8.96. The van der Waals surface area contributed by atoms with Crippen LogP contribution in [0.4, 0.5) is 32.3 Å². The number of nitrogens with one attached hydrogen (secondary N) is 4. The molecular formula is C20H20FN7O2. The van der Waals surface area contributed by atoms with Crippen LogP contribution in [0.25, 0.3) is 0 Å². The topological polar surface area (TPSA) is 134 Å². The van der Waals surface area contributed by atoms with Crippen LogP contribution < -0.4 is 27.0 Å². The molecule has 3 amide bonds. The Balaban J connectivity index is 1.83. The molecule has 154 valence electrons. The van der Waals surface area contributed by atoms with Gasteiger partial charge in [-0.05, 0) is 23.8 Å². The Hall–Kier alpha value is -4.21. The van der Waals surface area contributed by atoms with Gasteiger partial charge in [0.1, 0.15) is 11.6 Å². The number of rotatable bonds is 7. The smallest absolute Gasteiger partial charge is 0.318 e. The number of amides is 3. The van der Waals surface area contributed by atoms with Gasteiger partial charge in [-0.3, -0.25) is 4.79 Å². The summed E-state index contributed by atoms with van der Waals surface area (Å²) < 4.78 is 14.2. The fraction of sp³-hybridized carbons (Fsp3) is 0.100. The largest absolute Gasteiger partial charge is 0.365 e. The lowest BCUT2D eigenvalue weighted by Gasteiger charge is -2.13. The molecule has 0 radical (unpaired) electrons. The summed E-state index contributed by atoms with van der Waals surface area (Å²) in [5, 5.41) is 10.7. The van der Waals surface area contributed by atoms with Crippen LogP contribution in [0.15, 0.2) is 54.7 Å². The summed E-state index contributed by atoms with van der Waals surface area (Å²) in [5.41, 5.74) is 6.90. The highest BCUT2D eigenvalue weighted by atomic mass is 19.1. The Kier molecular flexibility index (Phi) is 6.38. The molecule has 1 heterocycles. The first-order chi connectivity index (χ1) is 14.5. The van der Waals surface area contributed by atoms with Crippen LogP contribution in [-0.4, -0.2) is 29.0 Å². The number of nitrogens with zero attached hydrogens (tertiary/aromatic N) is 2. The van der Waals surface area contributed by atoms with E-state index in [4.69, 9.17) is 5.73 Å². The van der Waals surface area contributed by atoms with E-state index < -0.39 is 17.8 Å². The van der Waals surface area contributed by atoms with Gasteiger partial charge >= 0.3 is 6.03 Å². The minimum atomic E-state index is -0.694. The van der Waals surface area contributed by atoms with Crippen LogP contribution in [0, 0.1) is 5.82 Å². The number of carbonyl (C=O) groups is 2. The van der Waals surface area contributed by atoms with E-state index in [9.17, 15) is 14.0 Å². The van der Waals surface area contributed by atoms with Crippen LogP contribution in [0.3, 0.4) is 0 Å². The van der Waals surface area contributed by atoms with Gasteiger partial charge in [-0.25, -0.2) is 14.2 Å². The highest BCUT2D eigenvalue weighted by molar-refractivity contribution is 5.97. The first-order valence-electron chi connectivity index (χ1n) is 8.96. The molecule has 9 nitrogen and oxygen atoms in total.